The molecule has 1 aromatic heterocycles. The Morgan fingerprint density at radius 2 is 1.74 bits per heavy atom. The first-order chi connectivity index (χ1) is 15.1. The van der Waals surface area contributed by atoms with Gasteiger partial charge in [-0.25, -0.2) is 4.68 Å². The van der Waals surface area contributed by atoms with E-state index >= 15 is 0 Å². The number of hydrogen-bond donors (Lipinski definition) is 0. The fourth-order valence-corrected chi connectivity index (χ4v) is 3.87. The van der Waals surface area contributed by atoms with E-state index in [1.165, 1.54) is 0 Å². The van der Waals surface area contributed by atoms with E-state index in [0.29, 0.717) is 35.8 Å². The molecule has 31 heavy (non-hydrogen) atoms. The van der Waals surface area contributed by atoms with E-state index in [9.17, 15) is 4.79 Å². The monoisotopic (exact) mass is 420 g/mol. The highest BCUT2D eigenvalue weighted by molar-refractivity contribution is 6.00. The first-order valence-corrected chi connectivity index (χ1v) is 10.5. The fourth-order valence-electron chi connectivity index (χ4n) is 3.87. The molecule has 7 heteroatoms. The van der Waals surface area contributed by atoms with Crippen molar-refractivity contribution in [1.29, 1.82) is 0 Å². The van der Waals surface area contributed by atoms with Gasteiger partial charge in [0.2, 0.25) is 0 Å². The third kappa shape index (κ3) is 4.27. The van der Waals surface area contributed by atoms with Crippen molar-refractivity contribution in [3.05, 3.63) is 60.3 Å². The van der Waals surface area contributed by atoms with Crippen LogP contribution in [0.25, 0.3) is 16.9 Å². The second-order valence-electron chi connectivity index (χ2n) is 7.46. The molecule has 1 fully saturated rings. The zero-order chi connectivity index (χ0) is 21.8. The van der Waals surface area contributed by atoms with Gasteiger partial charge < -0.3 is 19.3 Å². The summed E-state index contributed by atoms with van der Waals surface area (Å²) in [4.78, 5) is 17.8. The highest BCUT2D eigenvalue weighted by Gasteiger charge is 2.27. The molecule has 1 aliphatic rings. The van der Waals surface area contributed by atoms with Gasteiger partial charge in [0.25, 0.3) is 5.91 Å². The zero-order valence-corrected chi connectivity index (χ0v) is 18.2. The minimum Gasteiger partial charge on any atom is -0.497 e. The van der Waals surface area contributed by atoms with Crippen molar-refractivity contribution < 1.29 is 14.3 Å². The van der Waals surface area contributed by atoms with Crippen LogP contribution in [0.4, 0.5) is 0 Å². The Balaban J connectivity index is 1.77. The number of piperazine rings is 1. The standard InChI is InChI=1S/C24H28N4O3/c1-4-26-12-14-27(15-13-26)24(29)21-17-28(18-8-6-5-7-9-18)25-23(21)20-11-10-19(30-2)16-22(20)31-3/h5-11,16-17H,4,12-15H2,1-3H3. The summed E-state index contributed by atoms with van der Waals surface area (Å²) in [6, 6.07) is 15.4. The van der Waals surface area contributed by atoms with Gasteiger partial charge in [-0.05, 0) is 30.8 Å². The topological polar surface area (TPSA) is 59.8 Å². The molecule has 0 spiro atoms. The van der Waals surface area contributed by atoms with Crippen molar-refractivity contribution >= 4 is 5.91 Å². The molecule has 0 saturated carbocycles. The van der Waals surface area contributed by atoms with Crippen molar-refractivity contribution in [2.24, 2.45) is 0 Å². The number of carbonyl (C=O) groups is 1. The van der Waals surface area contributed by atoms with Crippen LogP contribution < -0.4 is 9.47 Å². The number of rotatable bonds is 6. The van der Waals surface area contributed by atoms with Crippen LogP contribution in [0.15, 0.2) is 54.7 Å². The van der Waals surface area contributed by atoms with E-state index in [-0.39, 0.29) is 5.91 Å². The first-order valence-electron chi connectivity index (χ1n) is 10.5. The average Bonchev–Trinajstić information content (AvgIpc) is 3.29. The SMILES string of the molecule is CCN1CCN(C(=O)c2cn(-c3ccccc3)nc2-c2ccc(OC)cc2OC)CC1. The average molecular weight is 421 g/mol. The zero-order valence-electron chi connectivity index (χ0n) is 18.2. The predicted octanol–water partition coefficient (Wildman–Crippen LogP) is 3.33. The lowest BCUT2D eigenvalue weighted by atomic mass is 10.1. The molecule has 0 N–H and O–H groups in total. The van der Waals surface area contributed by atoms with Gasteiger partial charge in [-0.1, -0.05) is 25.1 Å². The summed E-state index contributed by atoms with van der Waals surface area (Å²) in [5.41, 5.74) is 2.82. The minimum absolute atomic E-state index is 0.00851. The van der Waals surface area contributed by atoms with Crippen LogP contribution in [-0.2, 0) is 0 Å². The maximum absolute atomic E-state index is 13.5. The third-order valence-corrected chi connectivity index (χ3v) is 5.74. The van der Waals surface area contributed by atoms with Crippen LogP contribution in [0.1, 0.15) is 17.3 Å². The number of methoxy groups -OCH3 is 2. The van der Waals surface area contributed by atoms with Gasteiger partial charge >= 0.3 is 0 Å². The van der Waals surface area contributed by atoms with Gasteiger partial charge in [-0.2, -0.15) is 5.10 Å². The van der Waals surface area contributed by atoms with Gasteiger partial charge in [0.15, 0.2) is 0 Å². The molecule has 0 atom stereocenters. The molecule has 0 radical (unpaired) electrons. The molecule has 0 aliphatic carbocycles. The maximum Gasteiger partial charge on any atom is 0.257 e. The quantitative estimate of drug-likeness (QED) is 0.612. The molecule has 1 saturated heterocycles. The Labute approximate surface area is 182 Å². The molecule has 1 aliphatic heterocycles. The van der Waals surface area contributed by atoms with Crippen molar-refractivity contribution in [1.82, 2.24) is 19.6 Å². The molecule has 2 heterocycles. The highest BCUT2D eigenvalue weighted by atomic mass is 16.5. The van der Waals surface area contributed by atoms with E-state index in [1.807, 2.05) is 59.6 Å². The number of carbonyl (C=O) groups excluding carboxylic acids is 1. The van der Waals surface area contributed by atoms with Gasteiger partial charge in [0.05, 0.1) is 25.5 Å². The van der Waals surface area contributed by atoms with Crippen LogP contribution in [0.5, 0.6) is 11.5 Å². The number of ether oxygens (including phenoxy) is 2. The molecule has 4 rings (SSSR count). The molecule has 162 valence electrons. The number of aromatic nitrogens is 2. The van der Waals surface area contributed by atoms with Crippen LogP contribution in [-0.4, -0.2) is 72.4 Å². The Kier molecular flexibility index (Phi) is 6.23. The number of para-hydroxylation sites is 1. The fraction of sp³-hybridized carbons (Fsp3) is 0.333. The van der Waals surface area contributed by atoms with E-state index in [2.05, 4.69) is 11.8 Å². The molecule has 2 aromatic carbocycles. The van der Waals surface area contributed by atoms with E-state index in [0.717, 1.165) is 30.9 Å². The van der Waals surface area contributed by atoms with E-state index in [4.69, 9.17) is 14.6 Å². The summed E-state index contributed by atoms with van der Waals surface area (Å²) < 4.78 is 12.7. The summed E-state index contributed by atoms with van der Waals surface area (Å²) in [7, 11) is 3.22. The van der Waals surface area contributed by atoms with Crippen LogP contribution in [0, 0.1) is 0 Å². The second-order valence-corrected chi connectivity index (χ2v) is 7.46. The van der Waals surface area contributed by atoms with Gasteiger partial charge in [0.1, 0.15) is 17.2 Å². The Bertz CT molecular complexity index is 1040. The molecule has 7 nitrogen and oxygen atoms in total. The summed E-state index contributed by atoms with van der Waals surface area (Å²) in [5.74, 6) is 1.29. The summed E-state index contributed by atoms with van der Waals surface area (Å²) in [5, 5.41) is 4.80. The normalized spacial score (nSPS) is 14.5. The smallest absolute Gasteiger partial charge is 0.257 e. The number of nitrogens with zero attached hydrogens (tertiary/aromatic N) is 4. The minimum atomic E-state index is -0.00851. The summed E-state index contributed by atoms with van der Waals surface area (Å²) in [6.07, 6.45) is 1.82. The summed E-state index contributed by atoms with van der Waals surface area (Å²) in [6.45, 7) is 6.34. The Morgan fingerprint density at radius 3 is 2.39 bits per heavy atom. The number of likely N-dealkylation sites (N-methyl/N-ethyl adjacent to an activating group) is 1. The lowest BCUT2D eigenvalue weighted by Gasteiger charge is -2.34. The van der Waals surface area contributed by atoms with Crippen molar-refractivity contribution in [3.63, 3.8) is 0 Å². The molecule has 0 bridgehead atoms. The van der Waals surface area contributed by atoms with Gasteiger partial charge in [-0.3, -0.25) is 4.79 Å². The van der Waals surface area contributed by atoms with Crippen molar-refractivity contribution in [3.8, 4) is 28.4 Å². The largest absolute Gasteiger partial charge is 0.497 e. The second kappa shape index (κ2) is 9.22. The molecular weight excluding hydrogens is 392 g/mol. The Morgan fingerprint density at radius 1 is 1.00 bits per heavy atom. The number of hydrogen-bond acceptors (Lipinski definition) is 5. The van der Waals surface area contributed by atoms with Crippen LogP contribution in [0.3, 0.4) is 0 Å². The molecule has 0 unspecified atom stereocenters. The van der Waals surface area contributed by atoms with Crippen molar-refractivity contribution in [2.45, 2.75) is 6.92 Å². The maximum atomic E-state index is 13.5. The van der Waals surface area contributed by atoms with E-state index < -0.39 is 0 Å². The highest BCUT2D eigenvalue weighted by Crippen LogP contribution is 2.35. The molecular formula is C24H28N4O3. The van der Waals surface area contributed by atoms with E-state index in [1.54, 1.807) is 18.9 Å². The Hall–Kier alpha value is -3.32. The predicted molar refractivity (Wildman–Crippen MR) is 120 cm³/mol. The third-order valence-electron chi connectivity index (χ3n) is 5.74. The van der Waals surface area contributed by atoms with Crippen LogP contribution >= 0.6 is 0 Å². The lowest BCUT2D eigenvalue weighted by Crippen LogP contribution is -2.48. The first kappa shape index (κ1) is 20.9. The molecule has 3 aromatic rings. The summed E-state index contributed by atoms with van der Waals surface area (Å²) >= 11 is 0. The van der Waals surface area contributed by atoms with Gasteiger partial charge in [-0.15, -0.1) is 0 Å². The molecule has 1 amide bonds. The lowest BCUT2D eigenvalue weighted by molar-refractivity contribution is 0.0644. The van der Waals surface area contributed by atoms with Crippen molar-refractivity contribution in [2.75, 3.05) is 46.9 Å². The number of amides is 1. The number of benzene rings is 2. The van der Waals surface area contributed by atoms with Crippen LogP contribution in [0.2, 0.25) is 0 Å². The van der Waals surface area contributed by atoms with Gasteiger partial charge in [0, 0.05) is 44.0 Å².